The van der Waals surface area contributed by atoms with E-state index in [2.05, 4.69) is 9.97 Å². The number of Topliss-reactive ketones (excluding diaryl/α,β-unsaturated/α-hetero) is 1. The lowest BCUT2D eigenvalue weighted by Gasteiger charge is -2.09. The topological polar surface area (TPSA) is 128 Å². The normalized spacial score (nSPS) is 13.7. The van der Waals surface area contributed by atoms with Crippen molar-refractivity contribution in [2.45, 2.75) is 0 Å². The zero-order chi connectivity index (χ0) is 17.2. The Labute approximate surface area is 130 Å². The molecule has 0 radical (unpaired) electrons. The molecule has 0 amide bonds. The number of ketones is 2. The van der Waals surface area contributed by atoms with E-state index >= 15 is 0 Å². The van der Waals surface area contributed by atoms with E-state index in [1.807, 2.05) is 0 Å². The monoisotopic (exact) mass is 320 g/mol. The highest BCUT2D eigenvalue weighted by Crippen LogP contribution is 2.23. The van der Waals surface area contributed by atoms with Crippen LogP contribution in [0.15, 0.2) is 37.4 Å². The quantitative estimate of drug-likeness (QED) is 0.376. The Morgan fingerprint density at radius 1 is 0.625 bits per heavy atom. The second kappa shape index (κ2) is 4.42. The first-order valence-electron chi connectivity index (χ1n) is 6.68. The van der Waals surface area contributed by atoms with Crippen LogP contribution < -0.4 is 21.7 Å². The van der Waals surface area contributed by atoms with Crippen LogP contribution in [0, 0.1) is 0 Å². The molecule has 0 atom stereocenters. The number of benzene rings is 2. The third-order valence-electron chi connectivity index (χ3n) is 3.77. The van der Waals surface area contributed by atoms with Gasteiger partial charge in [-0.25, -0.2) is 9.97 Å². The molecule has 114 valence electrons. The molecule has 0 fully saturated rings. The summed E-state index contributed by atoms with van der Waals surface area (Å²) in [5, 5.41) is 0. The van der Waals surface area contributed by atoms with Gasteiger partial charge in [-0.1, -0.05) is 6.08 Å². The van der Waals surface area contributed by atoms with Gasteiger partial charge in [0.1, 0.15) is 11.0 Å². The van der Waals surface area contributed by atoms with Crippen molar-refractivity contribution >= 4 is 39.7 Å². The van der Waals surface area contributed by atoms with Gasteiger partial charge in [0.15, 0.2) is 0 Å². The van der Waals surface area contributed by atoms with Crippen LogP contribution in [0.3, 0.4) is 0 Å². The largest absolute Gasteiger partial charge is 0.286 e. The van der Waals surface area contributed by atoms with Crippen molar-refractivity contribution in [3.63, 3.8) is 0 Å². The van der Waals surface area contributed by atoms with E-state index in [1.165, 1.54) is 18.2 Å². The molecule has 0 spiro atoms. The number of allylic oxidation sites excluding steroid dienone is 1. The molecule has 1 aliphatic rings. The van der Waals surface area contributed by atoms with Gasteiger partial charge in [0.25, 0.3) is 21.7 Å². The first-order chi connectivity index (χ1) is 11.4. The van der Waals surface area contributed by atoms with Crippen molar-refractivity contribution in [2.24, 2.45) is 0 Å². The second-order valence-electron chi connectivity index (χ2n) is 5.19. The predicted molar refractivity (Wildman–Crippen MR) is 82.9 cm³/mol. The van der Waals surface area contributed by atoms with Crippen LogP contribution >= 0.6 is 0 Å². The number of fused-ring (bicyclic) bond motifs is 3. The first kappa shape index (κ1) is 13.9. The van der Waals surface area contributed by atoms with E-state index in [4.69, 9.17) is 0 Å². The average molecular weight is 320 g/mol. The minimum Gasteiger partial charge on any atom is -0.286 e. The third kappa shape index (κ3) is 1.67. The van der Waals surface area contributed by atoms with Gasteiger partial charge in [0.2, 0.25) is 11.6 Å². The summed E-state index contributed by atoms with van der Waals surface area (Å²) < 4.78 is 0. The molecule has 0 saturated carbocycles. The fourth-order valence-electron chi connectivity index (χ4n) is 2.57. The SMILES string of the molecule is O=C1C=Cc2cc3nc4c(=O)c(=O)c(=O)c(=O)c4nc3cc2C1=O. The lowest BCUT2D eigenvalue weighted by Crippen LogP contribution is -2.47. The molecule has 24 heavy (non-hydrogen) atoms. The molecule has 8 nitrogen and oxygen atoms in total. The molecule has 0 saturated heterocycles. The van der Waals surface area contributed by atoms with Gasteiger partial charge in [-0.05, 0) is 23.8 Å². The number of rotatable bonds is 0. The molecule has 0 N–H and O–H groups in total. The van der Waals surface area contributed by atoms with E-state index in [-0.39, 0.29) is 16.6 Å². The van der Waals surface area contributed by atoms with E-state index in [1.54, 1.807) is 0 Å². The van der Waals surface area contributed by atoms with Crippen molar-refractivity contribution < 1.29 is 9.59 Å². The summed E-state index contributed by atoms with van der Waals surface area (Å²) in [5.74, 6) is -1.43. The van der Waals surface area contributed by atoms with Crippen molar-refractivity contribution in [3.05, 3.63) is 70.2 Å². The Bertz CT molecular complexity index is 1360. The predicted octanol–water partition coefficient (Wildman–Crippen LogP) is -1.12. The molecule has 0 bridgehead atoms. The van der Waals surface area contributed by atoms with Crippen LogP contribution in [0.5, 0.6) is 0 Å². The summed E-state index contributed by atoms with van der Waals surface area (Å²) in [7, 11) is 0. The van der Waals surface area contributed by atoms with Crippen molar-refractivity contribution in [1.82, 2.24) is 9.97 Å². The summed E-state index contributed by atoms with van der Waals surface area (Å²) in [6.45, 7) is 0. The number of hydrogen-bond acceptors (Lipinski definition) is 8. The Hall–Kier alpha value is -3.68. The van der Waals surface area contributed by atoms with Crippen molar-refractivity contribution in [1.29, 1.82) is 0 Å². The van der Waals surface area contributed by atoms with E-state index < -0.39 is 44.3 Å². The Kier molecular flexibility index (Phi) is 2.57. The highest BCUT2D eigenvalue weighted by atomic mass is 16.2. The summed E-state index contributed by atoms with van der Waals surface area (Å²) in [5.41, 5.74) is -5.63. The van der Waals surface area contributed by atoms with Crippen molar-refractivity contribution in [3.8, 4) is 0 Å². The van der Waals surface area contributed by atoms with Crippen LogP contribution in [-0.4, -0.2) is 21.5 Å². The fraction of sp³-hybridized carbons (Fsp3) is 0. The Morgan fingerprint density at radius 3 is 1.75 bits per heavy atom. The molecule has 4 rings (SSSR count). The molecule has 0 aliphatic heterocycles. The smallest absolute Gasteiger partial charge is 0.279 e. The molecule has 1 heterocycles. The minimum absolute atomic E-state index is 0.0623. The van der Waals surface area contributed by atoms with Gasteiger partial charge in [0, 0.05) is 5.56 Å². The molecule has 8 heteroatoms. The Morgan fingerprint density at radius 2 is 1.17 bits per heavy atom. The second-order valence-corrected chi connectivity index (χ2v) is 5.19. The lowest BCUT2D eigenvalue weighted by molar-refractivity contribution is -0.110. The van der Waals surface area contributed by atoms with Gasteiger partial charge >= 0.3 is 0 Å². The van der Waals surface area contributed by atoms with Crippen LogP contribution in [0.25, 0.3) is 28.1 Å². The molecule has 2 aromatic carbocycles. The molecule has 1 aliphatic carbocycles. The summed E-state index contributed by atoms with van der Waals surface area (Å²) >= 11 is 0. The summed E-state index contributed by atoms with van der Waals surface area (Å²) in [4.78, 5) is 77.9. The minimum atomic E-state index is -1.46. The highest BCUT2D eigenvalue weighted by Gasteiger charge is 2.23. The molecule has 1 aromatic heterocycles. The maximum Gasteiger partial charge on any atom is 0.279 e. The van der Waals surface area contributed by atoms with E-state index in [0.717, 1.165) is 6.08 Å². The van der Waals surface area contributed by atoms with Crippen molar-refractivity contribution in [2.75, 3.05) is 0 Å². The van der Waals surface area contributed by atoms with Crippen LogP contribution in [0.4, 0.5) is 0 Å². The van der Waals surface area contributed by atoms with E-state index in [0.29, 0.717) is 5.56 Å². The summed E-state index contributed by atoms with van der Waals surface area (Å²) in [6.07, 6.45) is 2.53. The zero-order valence-corrected chi connectivity index (χ0v) is 11.7. The van der Waals surface area contributed by atoms with Crippen LogP contribution in [0.2, 0.25) is 0 Å². The maximum atomic E-state index is 11.9. The van der Waals surface area contributed by atoms with Gasteiger partial charge < -0.3 is 0 Å². The Balaban J connectivity index is 2.22. The van der Waals surface area contributed by atoms with Gasteiger partial charge in [0.05, 0.1) is 11.0 Å². The van der Waals surface area contributed by atoms with Crippen LogP contribution in [0.1, 0.15) is 15.9 Å². The first-order valence-corrected chi connectivity index (χ1v) is 6.68. The third-order valence-corrected chi connectivity index (χ3v) is 3.77. The standard InChI is InChI=1S/C16H4N2O6/c19-9-2-1-5-3-7-8(4-6(5)12(9)20)18-11-10(17-7)13(21)15(23)16(24)14(11)22/h1-4H. The molecular weight excluding hydrogens is 316 g/mol. The molecule has 0 unspecified atom stereocenters. The molecular formula is C16H4N2O6. The number of nitrogens with zero attached hydrogens (tertiary/aromatic N) is 2. The fourth-order valence-corrected chi connectivity index (χ4v) is 2.57. The zero-order valence-electron chi connectivity index (χ0n) is 11.7. The van der Waals surface area contributed by atoms with Gasteiger partial charge in [-0.2, -0.15) is 0 Å². The van der Waals surface area contributed by atoms with Crippen LogP contribution in [-0.2, 0) is 4.79 Å². The van der Waals surface area contributed by atoms with Gasteiger partial charge in [-0.3, -0.25) is 28.8 Å². The molecule has 3 aromatic rings. The van der Waals surface area contributed by atoms with E-state index in [9.17, 15) is 28.8 Å². The number of hydrogen-bond donors (Lipinski definition) is 0. The number of aromatic nitrogens is 2. The highest BCUT2D eigenvalue weighted by molar-refractivity contribution is 6.50. The maximum absolute atomic E-state index is 11.9. The lowest BCUT2D eigenvalue weighted by atomic mass is 9.94. The average Bonchev–Trinajstić information content (AvgIpc) is 2.59. The van der Waals surface area contributed by atoms with Gasteiger partial charge in [-0.15, -0.1) is 0 Å². The number of carbonyl (C=O) groups is 2. The summed E-state index contributed by atoms with van der Waals surface area (Å²) in [6, 6.07) is 2.68. The number of carbonyl (C=O) groups excluding carboxylic acids is 2.